The zero-order valence-corrected chi connectivity index (χ0v) is 17.6. The van der Waals surface area contributed by atoms with Crippen molar-refractivity contribution in [2.45, 2.75) is 19.9 Å². The number of carbonyl (C=O) groups is 3. The lowest BCUT2D eigenvalue weighted by Crippen LogP contribution is -2.44. The molecule has 0 radical (unpaired) electrons. The van der Waals surface area contributed by atoms with Crippen LogP contribution in [0.1, 0.15) is 24.4 Å². The van der Waals surface area contributed by atoms with Crippen LogP contribution < -0.4 is 16.0 Å². The Morgan fingerprint density at radius 3 is 2.18 bits per heavy atom. The standard InChI is InChI=1S/C22H20F2N4O5/c1-11(2)19(21(30)31)27-20(29)18-10-17(28-33-18)12-3-5-13(6-4-12)25-22(32)26-14-7-8-15(23)16(24)9-14/h3-11,19H,1-2H3,(H,27,29)(H,30,31)(H2,25,26,32)/t19-/m0/s1. The first kappa shape index (κ1) is 23.4. The number of carbonyl (C=O) groups excluding carboxylic acids is 2. The molecule has 0 aliphatic carbocycles. The van der Waals surface area contributed by atoms with E-state index in [9.17, 15) is 28.3 Å². The number of aliphatic carboxylic acids is 1. The third kappa shape index (κ3) is 5.91. The minimum Gasteiger partial charge on any atom is -0.480 e. The van der Waals surface area contributed by atoms with Crippen LogP contribution in [0, 0.1) is 17.6 Å². The number of nitrogens with one attached hydrogen (secondary N) is 3. The molecule has 0 saturated heterocycles. The van der Waals surface area contributed by atoms with Gasteiger partial charge in [0.05, 0.1) is 0 Å². The van der Waals surface area contributed by atoms with Gasteiger partial charge in [-0.25, -0.2) is 18.4 Å². The van der Waals surface area contributed by atoms with E-state index in [2.05, 4.69) is 21.1 Å². The van der Waals surface area contributed by atoms with Gasteiger partial charge in [0.2, 0.25) is 5.76 Å². The van der Waals surface area contributed by atoms with E-state index in [-0.39, 0.29) is 17.4 Å². The summed E-state index contributed by atoms with van der Waals surface area (Å²) in [6.07, 6.45) is 0. The van der Waals surface area contributed by atoms with Gasteiger partial charge >= 0.3 is 12.0 Å². The van der Waals surface area contributed by atoms with Crippen LogP contribution in [0.3, 0.4) is 0 Å². The van der Waals surface area contributed by atoms with Crippen molar-refractivity contribution in [3.05, 3.63) is 65.9 Å². The number of carboxylic acid groups (broad SMARTS) is 1. The Balaban J connectivity index is 1.62. The van der Waals surface area contributed by atoms with Crippen molar-refractivity contribution in [1.82, 2.24) is 10.5 Å². The SMILES string of the molecule is CC(C)[C@H](NC(=O)c1cc(-c2ccc(NC(=O)Nc3ccc(F)c(F)c3)cc2)no1)C(=O)O. The summed E-state index contributed by atoms with van der Waals surface area (Å²) in [6.45, 7) is 3.33. The Labute approximate surface area is 186 Å². The largest absolute Gasteiger partial charge is 0.480 e. The fraction of sp³-hybridized carbons (Fsp3) is 0.182. The molecular weight excluding hydrogens is 438 g/mol. The number of aromatic nitrogens is 1. The van der Waals surface area contributed by atoms with Gasteiger partial charge in [-0.3, -0.25) is 4.79 Å². The third-order valence-corrected chi connectivity index (χ3v) is 4.57. The number of carboxylic acids is 1. The lowest BCUT2D eigenvalue weighted by atomic mass is 10.0. The molecule has 0 bridgehead atoms. The number of hydrogen-bond acceptors (Lipinski definition) is 5. The summed E-state index contributed by atoms with van der Waals surface area (Å²) in [5, 5.41) is 20.3. The highest BCUT2D eigenvalue weighted by molar-refractivity contribution is 6.00. The van der Waals surface area contributed by atoms with Crippen LogP contribution in [-0.4, -0.2) is 34.2 Å². The number of rotatable bonds is 7. The van der Waals surface area contributed by atoms with Crippen LogP contribution in [0.4, 0.5) is 25.0 Å². The molecule has 3 aromatic rings. The molecule has 0 aliphatic rings. The Morgan fingerprint density at radius 2 is 1.58 bits per heavy atom. The van der Waals surface area contributed by atoms with Crippen LogP contribution in [0.2, 0.25) is 0 Å². The van der Waals surface area contributed by atoms with E-state index in [1.54, 1.807) is 38.1 Å². The quantitative estimate of drug-likeness (QED) is 0.421. The highest BCUT2D eigenvalue weighted by Crippen LogP contribution is 2.22. The minimum atomic E-state index is -1.16. The normalized spacial score (nSPS) is 11.7. The second-order valence-electron chi connectivity index (χ2n) is 7.40. The van der Waals surface area contributed by atoms with Crippen LogP contribution in [-0.2, 0) is 4.79 Å². The van der Waals surface area contributed by atoms with Gasteiger partial charge < -0.3 is 25.6 Å². The van der Waals surface area contributed by atoms with E-state index in [0.29, 0.717) is 16.9 Å². The monoisotopic (exact) mass is 458 g/mol. The fourth-order valence-corrected chi connectivity index (χ4v) is 2.84. The van der Waals surface area contributed by atoms with Gasteiger partial charge in [-0.1, -0.05) is 31.1 Å². The smallest absolute Gasteiger partial charge is 0.326 e. The number of benzene rings is 2. The summed E-state index contributed by atoms with van der Waals surface area (Å²) in [6, 6.07) is 8.96. The molecule has 3 rings (SSSR count). The molecule has 0 aliphatic heterocycles. The molecule has 1 atom stereocenters. The summed E-state index contributed by atoms with van der Waals surface area (Å²) in [5.41, 5.74) is 1.39. The number of hydrogen-bond donors (Lipinski definition) is 4. The second-order valence-corrected chi connectivity index (χ2v) is 7.40. The maximum absolute atomic E-state index is 13.2. The average molecular weight is 458 g/mol. The number of anilines is 2. The van der Waals surface area contributed by atoms with Crippen molar-refractivity contribution in [3.63, 3.8) is 0 Å². The van der Waals surface area contributed by atoms with Crippen LogP contribution >= 0.6 is 0 Å². The molecule has 2 aromatic carbocycles. The maximum atomic E-state index is 13.2. The van der Waals surface area contributed by atoms with Gasteiger partial charge in [0, 0.05) is 29.1 Å². The van der Waals surface area contributed by atoms with Crippen molar-refractivity contribution in [1.29, 1.82) is 0 Å². The lowest BCUT2D eigenvalue weighted by Gasteiger charge is -2.16. The molecule has 0 spiro atoms. The fourth-order valence-electron chi connectivity index (χ4n) is 2.84. The van der Waals surface area contributed by atoms with Gasteiger partial charge in [-0.2, -0.15) is 0 Å². The van der Waals surface area contributed by atoms with E-state index in [4.69, 9.17) is 4.52 Å². The van der Waals surface area contributed by atoms with E-state index in [1.807, 2.05) is 0 Å². The molecule has 0 unspecified atom stereocenters. The molecule has 11 heteroatoms. The van der Waals surface area contributed by atoms with Crippen molar-refractivity contribution < 1.29 is 32.8 Å². The summed E-state index contributed by atoms with van der Waals surface area (Å²) < 4.78 is 31.2. The molecule has 1 heterocycles. The Bertz CT molecular complexity index is 1180. The number of nitrogens with zero attached hydrogens (tertiary/aromatic N) is 1. The summed E-state index contributed by atoms with van der Waals surface area (Å²) in [4.78, 5) is 35.6. The zero-order chi connectivity index (χ0) is 24.1. The molecule has 0 fully saturated rings. The van der Waals surface area contributed by atoms with E-state index in [1.165, 1.54) is 12.1 Å². The van der Waals surface area contributed by atoms with Gasteiger partial charge in [-0.05, 0) is 30.2 Å². The van der Waals surface area contributed by atoms with Gasteiger partial charge in [0.15, 0.2) is 11.6 Å². The Hall–Kier alpha value is -4.28. The maximum Gasteiger partial charge on any atom is 0.326 e. The first-order valence-corrected chi connectivity index (χ1v) is 9.78. The number of urea groups is 1. The first-order chi connectivity index (χ1) is 15.6. The van der Waals surface area contributed by atoms with Gasteiger partial charge in [-0.15, -0.1) is 0 Å². The summed E-state index contributed by atoms with van der Waals surface area (Å²) in [7, 11) is 0. The predicted octanol–water partition coefficient (Wildman–Crippen LogP) is 4.10. The van der Waals surface area contributed by atoms with Crippen LogP contribution in [0.25, 0.3) is 11.3 Å². The molecule has 4 N–H and O–H groups in total. The highest BCUT2D eigenvalue weighted by Gasteiger charge is 2.25. The lowest BCUT2D eigenvalue weighted by molar-refractivity contribution is -0.140. The van der Waals surface area contributed by atoms with E-state index < -0.39 is 35.6 Å². The highest BCUT2D eigenvalue weighted by atomic mass is 19.2. The number of halogens is 2. The van der Waals surface area contributed by atoms with Crippen molar-refractivity contribution >= 4 is 29.3 Å². The van der Waals surface area contributed by atoms with Crippen LogP contribution in [0.15, 0.2) is 53.1 Å². The molecule has 9 nitrogen and oxygen atoms in total. The molecule has 33 heavy (non-hydrogen) atoms. The molecule has 172 valence electrons. The van der Waals surface area contributed by atoms with Crippen molar-refractivity contribution in [2.24, 2.45) is 5.92 Å². The zero-order valence-electron chi connectivity index (χ0n) is 17.6. The second kappa shape index (κ2) is 9.90. The summed E-state index contributed by atoms with van der Waals surface area (Å²) >= 11 is 0. The Morgan fingerprint density at radius 1 is 0.939 bits per heavy atom. The van der Waals surface area contributed by atoms with E-state index in [0.717, 1.165) is 12.1 Å². The molecule has 3 amide bonds. The summed E-state index contributed by atoms with van der Waals surface area (Å²) in [5.74, 6) is -4.44. The molecule has 1 aromatic heterocycles. The minimum absolute atomic E-state index is 0.0824. The van der Waals surface area contributed by atoms with Gasteiger partial charge in [0.25, 0.3) is 5.91 Å². The van der Waals surface area contributed by atoms with Crippen LogP contribution in [0.5, 0.6) is 0 Å². The van der Waals surface area contributed by atoms with Crippen molar-refractivity contribution in [2.75, 3.05) is 10.6 Å². The number of amides is 3. The first-order valence-electron chi connectivity index (χ1n) is 9.78. The Kier molecular flexibility index (Phi) is 7.01. The third-order valence-electron chi connectivity index (χ3n) is 4.57. The molecule has 0 saturated carbocycles. The van der Waals surface area contributed by atoms with Crippen molar-refractivity contribution in [3.8, 4) is 11.3 Å². The topological polar surface area (TPSA) is 134 Å². The average Bonchev–Trinajstić information content (AvgIpc) is 3.25. The van der Waals surface area contributed by atoms with Gasteiger partial charge in [0.1, 0.15) is 11.7 Å². The van der Waals surface area contributed by atoms with E-state index >= 15 is 0 Å². The molecular formula is C22H20F2N4O5. The predicted molar refractivity (Wildman–Crippen MR) is 115 cm³/mol.